The molecule has 2 rings (SSSR count). The summed E-state index contributed by atoms with van der Waals surface area (Å²) in [6.07, 6.45) is 0. The molecule has 0 aliphatic heterocycles. The Hall–Kier alpha value is -1.70. The molecular formula is C14H18N2O4S. The van der Waals surface area contributed by atoms with Crippen LogP contribution in [0.2, 0.25) is 0 Å². The number of aryl methyl sites for hydroxylation is 2. The molecule has 0 fully saturated rings. The second-order valence-corrected chi connectivity index (χ2v) is 6.38. The summed E-state index contributed by atoms with van der Waals surface area (Å²) in [6.45, 7) is 4.25. The van der Waals surface area contributed by atoms with Crippen LogP contribution in [0.15, 0.2) is 33.7 Å². The summed E-state index contributed by atoms with van der Waals surface area (Å²) in [4.78, 5) is 0.217. The first-order valence-corrected chi connectivity index (χ1v) is 7.96. The summed E-state index contributed by atoms with van der Waals surface area (Å²) < 4.78 is 36.5. The fourth-order valence-electron chi connectivity index (χ4n) is 2.06. The molecule has 2 aromatic rings. The molecule has 0 saturated heterocycles. The molecule has 1 N–H and O–H groups in total. The molecule has 0 unspecified atom stereocenters. The van der Waals surface area contributed by atoms with Gasteiger partial charge in [0.1, 0.15) is 5.76 Å². The lowest BCUT2D eigenvalue weighted by Gasteiger charge is -2.07. The van der Waals surface area contributed by atoms with Gasteiger partial charge >= 0.3 is 0 Å². The molecule has 0 aliphatic carbocycles. The molecule has 6 nitrogen and oxygen atoms in total. The van der Waals surface area contributed by atoms with Crippen molar-refractivity contribution in [1.82, 2.24) is 9.88 Å². The molecule has 0 aliphatic rings. The van der Waals surface area contributed by atoms with E-state index >= 15 is 0 Å². The van der Waals surface area contributed by atoms with Crippen molar-refractivity contribution in [3.8, 4) is 11.1 Å². The average Bonchev–Trinajstić information content (AvgIpc) is 2.78. The van der Waals surface area contributed by atoms with Gasteiger partial charge in [-0.25, -0.2) is 13.1 Å². The third kappa shape index (κ3) is 3.49. The van der Waals surface area contributed by atoms with Crippen LogP contribution < -0.4 is 4.72 Å². The number of hydrogen-bond acceptors (Lipinski definition) is 5. The molecule has 0 bridgehead atoms. The molecule has 0 atom stereocenters. The van der Waals surface area contributed by atoms with E-state index in [0.29, 0.717) is 12.4 Å². The van der Waals surface area contributed by atoms with Crippen molar-refractivity contribution in [2.45, 2.75) is 18.7 Å². The monoisotopic (exact) mass is 310 g/mol. The van der Waals surface area contributed by atoms with Crippen LogP contribution in [-0.4, -0.2) is 33.8 Å². The van der Waals surface area contributed by atoms with Crippen molar-refractivity contribution in [2.24, 2.45) is 0 Å². The lowest BCUT2D eigenvalue weighted by Crippen LogP contribution is -2.27. The number of nitrogens with zero attached hydrogens (tertiary/aromatic N) is 1. The van der Waals surface area contributed by atoms with Crippen LogP contribution in [-0.2, 0) is 14.8 Å². The summed E-state index contributed by atoms with van der Waals surface area (Å²) in [7, 11) is -1.99. The Morgan fingerprint density at radius 2 is 1.90 bits per heavy atom. The number of benzene rings is 1. The summed E-state index contributed by atoms with van der Waals surface area (Å²) in [5.41, 5.74) is 2.55. The minimum Gasteiger partial charge on any atom is -0.383 e. The molecule has 1 aromatic heterocycles. The fraction of sp³-hybridized carbons (Fsp3) is 0.357. The quantitative estimate of drug-likeness (QED) is 0.824. The van der Waals surface area contributed by atoms with Gasteiger partial charge in [-0.3, -0.25) is 0 Å². The van der Waals surface area contributed by atoms with Crippen LogP contribution in [0.4, 0.5) is 0 Å². The molecule has 0 amide bonds. The summed E-state index contributed by atoms with van der Waals surface area (Å²) in [6, 6.07) is 6.63. The van der Waals surface area contributed by atoms with Crippen LogP contribution >= 0.6 is 0 Å². The second-order valence-electron chi connectivity index (χ2n) is 4.61. The zero-order valence-corrected chi connectivity index (χ0v) is 13.0. The molecular weight excluding hydrogens is 292 g/mol. The van der Waals surface area contributed by atoms with Crippen molar-refractivity contribution >= 4 is 10.0 Å². The van der Waals surface area contributed by atoms with Crippen molar-refractivity contribution in [1.29, 1.82) is 0 Å². The third-order valence-electron chi connectivity index (χ3n) is 3.08. The van der Waals surface area contributed by atoms with Gasteiger partial charge in [-0.1, -0.05) is 17.3 Å². The molecule has 0 radical (unpaired) electrons. The van der Waals surface area contributed by atoms with Crippen LogP contribution in [0.3, 0.4) is 0 Å². The maximum atomic E-state index is 12.0. The first kappa shape index (κ1) is 15.7. The number of nitrogens with one attached hydrogen (secondary N) is 1. The lowest BCUT2D eigenvalue weighted by atomic mass is 10.0. The highest BCUT2D eigenvalue weighted by Gasteiger charge is 2.15. The number of hydrogen-bond donors (Lipinski definition) is 1. The highest BCUT2D eigenvalue weighted by atomic mass is 32.2. The Morgan fingerprint density at radius 1 is 1.24 bits per heavy atom. The Kier molecular flexibility index (Phi) is 4.76. The van der Waals surface area contributed by atoms with Crippen molar-refractivity contribution in [3.63, 3.8) is 0 Å². The summed E-state index contributed by atoms with van der Waals surface area (Å²) in [5.74, 6) is 0.710. The molecule has 7 heteroatoms. The smallest absolute Gasteiger partial charge is 0.240 e. The van der Waals surface area contributed by atoms with Gasteiger partial charge in [0.2, 0.25) is 10.0 Å². The van der Waals surface area contributed by atoms with E-state index in [1.807, 2.05) is 13.8 Å². The number of sulfonamides is 1. The maximum absolute atomic E-state index is 12.0. The largest absolute Gasteiger partial charge is 0.383 e. The summed E-state index contributed by atoms with van der Waals surface area (Å²) >= 11 is 0. The first-order chi connectivity index (χ1) is 9.95. The van der Waals surface area contributed by atoms with Gasteiger partial charge in [0.25, 0.3) is 0 Å². The van der Waals surface area contributed by atoms with E-state index in [-0.39, 0.29) is 11.4 Å². The Balaban J connectivity index is 2.23. The topological polar surface area (TPSA) is 81.4 Å². The predicted molar refractivity (Wildman–Crippen MR) is 78.5 cm³/mol. The summed E-state index contributed by atoms with van der Waals surface area (Å²) in [5, 5.41) is 3.89. The molecule has 0 spiro atoms. The normalized spacial score (nSPS) is 11.8. The minimum absolute atomic E-state index is 0.217. The lowest BCUT2D eigenvalue weighted by molar-refractivity contribution is 0.204. The zero-order valence-electron chi connectivity index (χ0n) is 12.2. The predicted octanol–water partition coefficient (Wildman–Crippen LogP) is 1.88. The van der Waals surface area contributed by atoms with E-state index < -0.39 is 10.0 Å². The van der Waals surface area contributed by atoms with E-state index in [1.54, 1.807) is 24.3 Å². The Labute approximate surface area is 124 Å². The van der Waals surface area contributed by atoms with Crippen LogP contribution in [0, 0.1) is 13.8 Å². The molecule has 114 valence electrons. The van der Waals surface area contributed by atoms with E-state index in [0.717, 1.165) is 16.8 Å². The number of rotatable bonds is 6. The zero-order chi connectivity index (χ0) is 15.5. The van der Waals surface area contributed by atoms with Gasteiger partial charge in [0, 0.05) is 19.2 Å². The molecule has 1 aromatic carbocycles. The van der Waals surface area contributed by atoms with Crippen LogP contribution in [0.1, 0.15) is 11.5 Å². The number of methoxy groups -OCH3 is 1. The fourth-order valence-corrected chi connectivity index (χ4v) is 3.07. The maximum Gasteiger partial charge on any atom is 0.240 e. The van der Waals surface area contributed by atoms with E-state index in [1.165, 1.54) is 7.11 Å². The molecule has 0 saturated carbocycles. The molecule has 1 heterocycles. The molecule has 21 heavy (non-hydrogen) atoms. The Morgan fingerprint density at radius 3 is 2.43 bits per heavy atom. The van der Waals surface area contributed by atoms with E-state index in [9.17, 15) is 8.42 Å². The second kappa shape index (κ2) is 6.38. The van der Waals surface area contributed by atoms with Gasteiger partial charge in [-0.05, 0) is 31.5 Å². The van der Waals surface area contributed by atoms with Crippen molar-refractivity contribution in [3.05, 3.63) is 35.7 Å². The van der Waals surface area contributed by atoms with Gasteiger partial charge < -0.3 is 9.26 Å². The number of ether oxygens (including phenoxy) is 1. The van der Waals surface area contributed by atoms with Crippen molar-refractivity contribution in [2.75, 3.05) is 20.3 Å². The van der Waals surface area contributed by atoms with Crippen molar-refractivity contribution < 1.29 is 17.7 Å². The Bertz CT molecular complexity index is 686. The highest BCUT2D eigenvalue weighted by molar-refractivity contribution is 7.89. The van der Waals surface area contributed by atoms with Gasteiger partial charge in [-0.2, -0.15) is 0 Å². The SMILES string of the molecule is COCCNS(=O)(=O)c1ccc(-c2c(C)noc2C)cc1. The average molecular weight is 310 g/mol. The van der Waals surface area contributed by atoms with Crippen LogP contribution in [0.25, 0.3) is 11.1 Å². The van der Waals surface area contributed by atoms with Gasteiger partial charge in [0.15, 0.2) is 0 Å². The first-order valence-electron chi connectivity index (χ1n) is 6.47. The van der Waals surface area contributed by atoms with E-state index in [4.69, 9.17) is 9.26 Å². The van der Waals surface area contributed by atoms with E-state index in [2.05, 4.69) is 9.88 Å². The number of aromatic nitrogens is 1. The third-order valence-corrected chi connectivity index (χ3v) is 4.56. The van der Waals surface area contributed by atoms with Gasteiger partial charge in [-0.15, -0.1) is 0 Å². The van der Waals surface area contributed by atoms with Gasteiger partial charge in [0.05, 0.1) is 17.2 Å². The van der Waals surface area contributed by atoms with Crippen LogP contribution in [0.5, 0.6) is 0 Å². The standard InChI is InChI=1S/C14H18N2O4S/c1-10-14(11(2)20-16-10)12-4-6-13(7-5-12)21(17,18)15-8-9-19-3/h4-7,15H,8-9H2,1-3H3. The highest BCUT2D eigenvalue weighted by Crippen LogP contribution is 2.27. The minimum atomic E-state index is -3.51.